The third kappa shape index (κ3) is 3.19. The standard InChI is InChI=1S/C23H21N5O5S/c1-11-17(14(9-29)28-20(11)18(12(2)30)22(28)33)15-7-27-10-25-19(23(27)34-15)21(32)13-4-3-5-26(6-13)8-16(24)31/h3-7,9-12,18,20,30H,8H2,1-2H3,(H-,24,31)/p+1/t11-,12+,18+,20+/m0/s1. The molecule has 3 aromatic rings. The Bertz CT molecular complexity index is 1400. The van der Waals surface area contributed by atoms with Gasteiger partial charge in [0.25, 0.3) is 5.91 Å². The number of thiazole rings is 1. The normalized spacial score (nSPS) is 22.6. The number of hydrogen-bond acceptors (Lipinski definition) is 7. The molecule has 0 bridgehead atoms. The second-order valence-corrected chi connectivity index (χ2v) is 9.66. The molecule has 2 amide bonds. The van der Waals surface area contributed by atoms with Gasteiger partial charge in [0.05, 0.1) is 34.2 Å². The van der Waals surface area contributed by atoms with Gasteiger partial charge in [-0.3, -0.25) is 23.6 Å². The number of allylic oxidation sites excluding steroid dienone is 1. The molecule has 0 saturated carbocycles. The monoisotopic (exact) mass is 480 g/mol. The number of hydrogen-bond donors (Lipinski definition) is 2. The number of pyridine rings is 1. The molecule has 0 aliphatic carbocycles. The van der Waals surface area contributed by atoms with Gasteiger partial charge in [0, 0.05) is 23.8 Å². The molecule has 0 unspecified atom stereocenters. The van der Waals surface area contributed by atoms with E-state index in [4.69, 9.17) is 5.73 Å². The summed E-state index contributed by atoms with van der Waals surface area (Å²) in [6.07, 6.45) is 6.40. The minimum Gasteiger partial charge on any atom is -0.393 e. The maximum atomic E-state index is 13.2. The number of amides is 2. The first-order chi connectivity index (χ1) is 16.2. The minimum absolute atomic E-state index is 0.0484. The van der Waals surface area contributed by atoms with E-state index >= 15 is 0 Å². The summed E-state index contributed by atoms with van der Waals surface area (Å²) < 4.78 is 3.25. The molecular formula is C23H22N5O5S+. The van der Waals surface area contributed by atoms with Crippen LogP contribution in [-0.2, 0) is 20.9 Å². The summed E-state index contributed by atoms with van der Waals surface area (Å²) in [4.78, 5) is 56.1. The summed E-state index contributed by atoms with van der Waals surface area (Å²) in [5.74, 6) is -1.79. The molecule has 34 heavy (non-hydrogen) atoms. The van der Waals surface area contributed by atoms with Crippen LogP contribution in [0, 0.1) is 11.8 Å². The van der Waals surface area contributed by atoms with Crippen LogP contribution >= 0.6 is 11.3 Å². The highest BCUT2D eigenvalue weighted by atomic mass is 32.1. The lowest BCUT2D eigenvalue weighted by Crippen LogP contribution is -2.63. The number of primary amides is 1. The zero-order valence-electron chi connectivity index (χ0n) is 18.4. The summed E-state index contributed by atoms with van der Waals surface area (Å²) in [6.45, 7) is 3.47. The van der Waals surface area contributed by atoms with Crippen molar-refractivity contribution in [2.24, 2.45) is 17.6 Å². The number of aromatic nitrogens is 3. The number of nitrogens with zero attached hydrogens (tertiary/aromatic N) is 4. The maximum absolute atomic E-state index is 13.2. The van der Waals surface area contributed by atoms with Gasteiger partial charge in [-0.2, -0.15) is 4.57 Å². The number of β-lactam (4-membered cyclic amide) rings is 1. The number of aliphatic hydroxyl groups excluding tert-OH is 1. The number of aldehydes is 1. The van der Waals surface area contributed by atoms with Gasteiger partial charge in [0.15, 0.2) is 18.7 Å². The number of aliphatic hydroxyl groups is 1. The molecular weight excluding hydrogens is 458 g/mol. The molecule has 4 atom stereocenters. The maximum Gasteiger partial charge on any atom is 0.283 e. The van der Waals surface area contributed by atoms with E-state index in [1.165, 1.54) is 27.1 Å². The topological polar surface area (TPSA) is 139 Å². The van der Waals surface area contributed by atoms with Crippen LogP contribution in [-0.4, -0.2) is 55.4 Å². The fourth-order valence-corrected chi connectivity index (χ4v) is 6.22. The molecule has 0 radical (unpaired) electrons. The number of ketones is 1. The Hall–Kier alpha value is -3.70. The second-order valence-electron chi connectivity index (χ2n) is 8.63. The van der Waals surface area contributed by atoms with Crippen molar-refractivity contribution in [3.63, 3.8) is 0 Å². The molecule has 10 nitrogen and oxygen atoms in total. The van der Waals surface area contributed by atoms with E-state index in [0.717, 1.165) is 10.5 Å². The molecule has 2 aliphatic rings. The number of nitrogens with two attached hydrogens (primary N) is 1. The summed E-state index contributed by atoms with van der Waals surface area (Å²) in [5, 5.41) is 10.0. The van der Waals surface area contributed by atoms with E-state index in [9.17, 15) is 24.3 Å². The molecule has 0 aromatic carbocycles. The first-order valence-electron chi connectivity index (χ1n) is 10.7. The Morgan fingerprint density at radius 2 is 2.18 bits per heavy atom. The van der Waals surface area contributed by atoms with Crippen LogP contribution in [0.4, 0.5) is 0 Å². The Labute approximate surface area is 197 Å². The summed E-state index contributed by atoms with van der Waals surface area (Å²) >= 11 is 1.31. The van der Waals surface area contributed by atoms with E-state index < -0.39 is 17.9 Å². The van der Waals surface area contributed by atoms with Gasteiger partial charge in [-0.25, -0.2) is 4.98 Å². The van der Waals surface area contributed by atoms with Gasteiger partial charge < -0.3 is 15.7 Å². The Kier molecular flexibility index (Phi) is 5.18. The van der Waals surface area contributed by atoms with Crippen molar-refractivity contribution >= 4 is 45.6 Å². The lowest BCUT2D eigenvalue weighted by atomic mass is 9.77. The van der Waals surface area contributed by atoms with Crippen LogP contribution < -0.4 is 10.3 Å². The van der Waals surface area contributed by atoms with Gasteiger partial charge >= 0.3 is 0 Å². The zero-order chi connectivity index (χ0) is 24.3. The highest BCUT2D eigenvalue weighted by molar-refractivity contribution is 7.18. The smallest absolute Gasteiger partial charge is 0.283 e. The van der Waals surface area contributed by atoms with Crippen LogP contribution in [0.5, 0.6) is 0 Å². The van der Waals surface area contributed by atoms with Crippen LogP contribution in [0.2, 0.25) is 0 Å². The highest BCUT2D eigenvalue weighted by Gasteiger charge is 2.58. The SMILES string of the molecule is C[C@@H](O)[C@H]1C(=O)N2C(C=O)=C(c3cn4cnc(C(=O)c5ccc[n+](CC(N)=O)c5)c4s3)[C@H](C)[C@H]12. The summed E-state index contributed by atoms with van der Waals surface area (Å²) in [5.41, 5.74) is 6.88. The van der Waals surface area contributed by atoms with Crippen LogP contribution in [0.25, 0.3) is 10.4 Å². The van der Waals surface area contributed by atoms with E-state index in [2.05, 4.69) is 4.98 Å². The fourth-order valence-electron chi connectivity index (χ4n) is 4.99. The lowest BCUT2D eigenvalue weighted by molar-refractivity contribution is -0.684. The number of carbonyl (C=O) groups excluding carboxylic acids is 4. The number of fused-ring (bicyclic) bond motifs is 2. The number of imidazole rings is 1. The van der Waals surface area contributed by atoms with Crippen LogP contribution in [0.1, 0.15) is 34.8 Å². The number of carbonyl (C=O) groups is 4. The largest absolute Gasteiger partial charge is 0.393 e. The fraction of sp³-hybridized carbons (Fsp3) is 0.304. The van der Waals surface area contributed by atoms with Crippen LogP contribution in [0.3, 0.4) is 0 Å². The van der Waals surface area contributed by atoms with E-state index in [0.29, 0.717) is 22.4 Å². The predicted octanol–water partition coefficient (Wildman–Crippen LogP) is 0.167. The average Bonchev–Trinajstić information content (AvgIpc) is 3.42. The molecule has 3 aromatic heterocycles. The van der Waals surface area contributed by atoms with E-state index in [-0.39, 0.29) is 35.9 Å². The molecule has 1 fully saturated rings. The molecule has 11 heteroatoms. The molecule has 5 heterocycles. The van der Waals surface area contributed by atoms with E-state index in [1.807, 2.05) is 6.92 Å². The van der Waals surface area contributed by atoms with Gasteiger partial charge in [-0.1, -0.05) is 6.92 Å². The highest BCUT2D eigenvalue weighted by Crippen LogP contribution is 2.50. The summed E-state index contributed by atoms with van der Waals surface area (Å²) in [6, 6.07) is 3.02. The molecule has 1 saturated heterocycles. The van der Waals surface area contributed by atoms with Crippen molar-refractivity contribution < 1.29 is 28.9 Å². The van der Waals surface area contributed by atoms with Crippen molar-refractivity contribution in [1.29, 1.82) is 0 Å². The third-order valence-electron chi connectivity index (χ3n) is 6.47. The second kappa shape index (κ2) is 7.96. The Morgan fingerprint density at radius 3 is 2.85 bits per heavy atom. The third-order valence-corrected chi connectivity index (χ3v) is 7.62. The van der Waals surface area contributed by atoms with Gasteiger partial charge in [0.1, 0.15) is 16.9 Å². The van der Waals surface area contributed by atoms with Crippen molar-refractivity contribution in [1.82, 2.24) is 14.3 Å². The quantitative estimate of drug-likeness (QED) is 0.214. The summed E-state index contributed by atoms with van der Waals surface area (Å²) in [7, 11) is 0. The Morgan fingerprint density at radius 1 is 1.41 bits per heavy atom. The Balaban J connectivity index is 1.52. The predicted molar refractivity (Wildman–Crippen MR) is 120 cm³/mol. The first-order valence-corrected chi connectivity index (χ1v) is 11.5. The molecule has 2 aliphatic heterocycles. The average molecular weight is 481 g/mol. The van der Waals surface area contributed by atoms with Gasteiger partial charge in [-0.15, -0.1) is 11.3 Å². The van der Waals surface area contributed by atoms with Crippen molar-refractivity contribution in [3.8, 4) is 0 Å². The lowest BCUT2D eigenvalue weighted by Gasteiger charge is -2.46. The molecule has 3 N–H and O–H groups in total. The number of rotatable bonds is 7. The van der Waals surface area contributed by atoms with Crippen molar-refractivity contribution in [3.05, 3.63) is 58.9 Å². The van der Waals surface area contributed by atoms with Gasteiger partial charge in [0.2, 0.25) is 18.2 Å². The first kappa shape index (κ1) is 22.1. The minimum atomic E-state index is -0.806. The molecule has 174 valence electrons. The van der Waals surface area contributed by atoms with E-state index in [1.54, 1.807) is 42.0 Å². The van der Waals surface area contributed by atoms with Crippen LogP contribution in [0.15, 0.2) is 42.7 Å². The zero-order valence-corrected chi connectivity index (χ0v) is 19.2. The van der Waals surface area contributed by atoms with Crippen molar-refractivity contribution in [2.75, 3.05) is 0 Å². The molecule has 5 rings (SSSR count). The van der Waals surface area contributed by atoms with Crippen molar-refractivity contribution in [2.45, 2.75) is 32.5 Å². The molecule has 0 spiro atoms. The van der Waals surface area contributed by atoms with Gasteiger partial charge in [-0.05, 0) is 13.0 Å².